The molecule has 0 aliphatic carbocycles. The maximum atomic E-state index is 13.6. The van der Waals surface area contributed by atoms with Crippen LogP contribution >= 0.6 is 0 Å². The number of aromatic nitrogens is 1. The van der Waals surface area contributed by atoms with Gasteiger partial charge in [0.15, 0.2) is 5.41 Å². The second-order valence-electron chi connectivity index (χ2n) is 9.17. The van der Waals surface area contributed by atoms with E-state index in [1.807, 2.05) is 19.1 Å². The molecule has 0 saturated carbocycles. The highest BCUT2D eigenvalue weighted by Gasteiger charge is 2.63. The van der Waals surface area contributed by atoms with Gasteiger partial charge >= 0.3 is 6.03 Å². The number of aryl methyl sites for hydroxylation is 1. The molecule has 1 aromatic heterocycles. The number of benzene rings is 1. The molecule has 2 fully saturated rings. The molecule has 1 spiro atoms. The highest BCUT2D eigenvalue weighted by atomic mass is 16.2. The summed E-state index contributed by atoms with van der Waals surface area (Å²) in [6, 6.07) is 7.34. The molecule has 7 nitrogen and oxygen atoms in total. The van der Waals surface area contributed by atoms with E-state index in [4.69, 9.17) is 4.98 Å². The third-order valence-electron chi connectivity index (χ3n) is 7.15. The summed E-state index contributed by atoms with van der Waals surface area (Å²) in [5, 5.41) is 1.00. The molecule has 0 radical (unpaired) electrons. The molecule has 4 heterocycles. The first-order valence-electron chi connectivity index (χ1n) is 10.5. The van der Waals surface area contributed by atoms with Crippen LogP contribution in [-0.2, 0) is 16.0 Å². The van der Waals surface area contributed by atoms with Crippen molar-refractivity contribution >= 4 is 34.6 Å². The van der Waals surface area contributed by atoms with Gasteiger partial charge in [0.2, 0.25) is 11.8 Å². The van der Waals surface area contributed by atoms with Gasteiger partial charge < -0.3 is 4.90 Å². The molecule has 156 valence electrons. The van der Waals surface area contributed by atoms with Gasteiger partial charge in [-0.1, -0.05) is 18.6 Å². The Labute approximate surface area is 175 Å². The van der Waals surface area contributed by atoms with Crippen molar-refractivity contribution in [3.05, 3.63) is 35.4 Å². The van der Waals surface area contributed by atoms with E-state index in [0.717, 1.165) is 57.0 Å². The summed E-state index contributed by atoms with van der Waals surface area (Å²) in [4.78, 5) is 48.9. The van der Waals surface area contributed by atoms with Crippen molar-refractivity contribution in [2.45, 2.75) is 39.2 Å². The van der Waals surface area contributed by atoms with Gasteiger partial charge in [-0.15, -0.1) is 0 Å². The Balaban J connectivity index is 1.75. The van der Waals surface area contributed by atoms with E-state index in [-0.39, 0.29) is 12.5 Å². The lowest BCUT2D eigenvalue weighted by molar-refractivity contribution is -0.160. The minimum absolute atomic E-state index is 0.271. The van der Waals surface area contributed by atoms with Crippen molar-refractivity contribution < 1.29 is 14.4 Å². The third-order valence-corrected chi connectivity index (χ3v) is 7.15. The van der Waals surface area contributed by atoms with Crippen LogP contribution in [0.4, 0.5) is 10.6 Å². The first-order valence-corrected chi connectivity index (χ1v) is 10.5. The standard InChI is InChI=1S/C23H26N4O3/c1-13-5-6-17-15(9-13)11-16-12-23(20(28)25(3)22(30)26(4)21(23)29)18-10-14(2)7-8-27(18)19(16)24-17/h5-6,9,11,14,18H,7-8,10,12H2,1-4H3. The van der Waals surface area contributed by atoms with Crippen molar-refractivity contribution in [2.24, 2.45) is 11.3 Å². The van der Waals surface area contributed by atoms with E-state index >= 15 is 0 Å². The Morgan fingerprint density at radius 2 is 1.77 bits per heavy atom. The van der Waals surface area contributed by atoms with Crippen LogP contribution in [0.15, 0.2) is 24.3 Å². The number of anilines is 1. The van der Waals surface area contributed by atoms with Crippen molar-refractivity contribution in [3.63, 3.8) is 0 Å². The summed E-state index contributed by atoms with van der Waals surface area (Å²) < 4.78 is 0. The smallest absolute Gasteiger partial charge is 0.332 e. The molecule has 1 aromatic carbocycles. The number of nitrogens with zero attached hydrogens (tertiary/aromatic N) is 4. The normalized spacial score (nSPS) is 25.7. The number of carbonyl (C=O) groups is 3. The number of imide groups is 2. The first kappa shape index (κ1) is 19.0. The van der Waals surface area contributed by atoms with Gasteiger partial charge in [-0.05, 0) is 49.4 Å². The zero-order chi connectivity index (χ0) is 21.4. The van der Waals surface area contributed by atoms with Crippen LogP contribution in [0.5, 0.6) is 0 Å². The minimum Gasteiger partial charge on any atom is -0.352 e. The van der Waals surface area contributed by atoms with Crippen LogP contribution in [0.1, 0.15) is 30.9 Å². The Kier molecular flexibility index (Phi) is 3.98. The molecule has 4 amide bonds. The van der Waals surface area contributed by atoms with Gasteiger partial charge in [0.1, 0.15) is 5.82 Å². The quantitative estimate of drug-likeness (QED) is 0.629. The summed E-state index contributed by atoms with van der Waals surface area (Å²) in [5.74, 6) is 0.475. The fourth-order valence-corrected chi connectivity index (χ4v) is 5.51. The van der Waals surface area contributed by atoms with E-state index in [2.05, 4.69) is 24.0 Å². The largest absolute Gasteiger partial charge is 0.352 e. The molecular formula is C23H26N4O3. The van der Waals surface area contributed by atoms with Crippen LogP contribution in [-0.4, -0.2) is 59.3 Å². The van der Waals surface area contributed by atoms with Gasteiger partial charge in [-0.3, -0.25) is 19.4 Å². The Bertz CT molecular complexity index is 1090. The van der Waals surface area contributed by atoms with Gasteiger partial charge in [-0.2, -0.15) is 0 Å². The van der Waals surface area contributed by atoms with Crippen molar-refractivity contribution in [1.29, 1.82) is 0 Å². The molecule has 3 aliphatic rings. The molecule has 3 aliphatic heterocycles. The van der Waals surface area contributed by atoms with Crippen molar-refractivity contribution in [1.82, 2.24) is 14.8 Å². The van der Waals surface area contributed by atoms with Gasteiger partial charge in [0, 0.05) is 32.4 Å². The highest BCUT2D eigenvalue weighted by molar-refractivity contribution is 6.20. The van der Waals surface area contributed by atoms with E-state index < -0.39 is 23.3 Å². The van der Waals surface area contributed by atoms with Crippen LogP contribution in [0.25, 0.3) is 10.9 Å². The molecule has 30 heavy (non-hydrogen) atoms. The van der Waals surface area contributed by atoms with Gasteiger partial charge in [-0.25, -0.2) is 9.78 Å². The second-order valence-corrected chi connectivity index (χ2v) is 9.17. The number of pyridine rings is 1. The van der Waals surface area contributed by atoms with Crippen molar-refractivity contribution in [3.8, 4) is 0 Å². The van der Waals surface area contributed by atoms with Crippen molar-refractivity contribution in [2.75, 3.05) is 25.5 Å². The van der Waals surface area contributed by atoms with Crippen LogP contribution in [0.3, 0.4) is 0 Å². The van der Waals surface area contributed by atoms with E-state index in [9.17, 15) is 14.4 Å². The molecule has 2 unspecified atom stereocenters. The number of barbiturate groups is 1. The zero-order valence-corrected chi connectivity index (χ0v) is 17.8. The Morgan fingerprint density at radius 1 is 1.07 bits per heavy atom. The fourth-order valence-electron chi connectivity index (χ4n) is 5.51. The van der Waals surface area contributed by atoms with E-state index in [0.29, 0.717) is 5.92 Å². The first-order chi connectivity index (χ1) is 14.2. The summed E-state index contributed by atoms with van der Waals surface area (Å²) in [6.07, 6.45) is 1.97. The van der Waals surface area contributed by atoms with E-state index in [1.165, 1.54) is 14.1 Å². The van der Waals surface area contributed by atoms with Crippen LogP contribution in [0.2, 0.25) is 0 Å². The van der Waals surface area contributed by atoms with Crippen LogP contribution < -0.4 is 4.90 Å². The molecule has 7 heteroatoms. The van der Waals surface area contributed by atoms with Gasteiger partial charge in [0.05, 0.1) is 11.6 Å². The topological polar surface area (TPSA) is 73.8 Å². The third kappa shape index (κ3) is 2.38. The lowest BCUT2D eigenvalue weighted by Crippen LogP contribution is -2.72. The van der Waals surface area contributed by atoms with Gasteiger partial charge in [0.25, 0.3) is 0 Å². The summed E-state index contributed by atoms with van der Waals surface area (Å²) >= 11 is 0. The molecule has 2 atom stereocenters. The second kappa shape index (κ2) is 6.27. The lowest BCUT2D eigenvalue weighted by Gasteiger charge is -2.55. The number of carbonyl (C=O) groups excluding carboxylic acids is 3. The number of hydrogen-bond donors (Lipinski definition) is 0. The zero-order valence-electron chi connectivity index (χ0n) is 17.8. The molecule has 0 bridgehead atoms. The van der Waals surface area contributed by atoms with E-state index in [1.54, 1.807) is 0 Å². The lowest BCUT2D eigenvalue weighted by atomic mass is 9.65. The Morgan fingerprint density at radius 3 is 2.47 bits per heavy atom. The number of urea groups is 1. The SMILES string of the molecule is Cc1ccc2nc3c(cc2c1)CC1(C(=O)N(C)C(=O)N(C)C1=O)C1CC(C)CCN31. The number of rotatable bonds is 0. The fraction of sp³-hybridized carbons (Fsp3) is 0.478. The molecule has 2 saturated heterocycles. The van der Waals surface area contributed by atoms with Crippen LogP contribution in [0, 0.1) is 18.3 Å². The summed E-state index contributed by atoms with van der Waals surface area (Å²) in [6.45, 7) is 4.94. The summed E-state index contributed by atoms with van der Waals surface area (Å²) in [7, 11) is 2.95. The summed E-state index contributed by atoms with van der Waals surface area (Å²) in [5.41, 5.74) is 1.66. The minimum atomic E-state index is -1.29. The number of piperidine rings is 1. The number of fused-ring (bicyclic) bond motifs is 5. The molecule has 2 aromatic rings. The molecular weight excluding hydrogens is 380 g/mol. The number of hydrogen-bond acceptors (Lipinski definition) is 5. The predicted octanol–water partition coefficient (Wildman–Crippen LogP) is 2.74. The average molecular weight is 406 g/mol. The monoisotopic (exact) mass is 406 g/mol. The molecule has 5 rings (SSSR count). The Hall–Kier alpha value is -2.96. The molecule has 0 N–H and O–H groups in total. The predicted molar refractivity (Wildman–Crippen MR) is 113 cm³/mol. The number of amides is 4. The maximum absolute atomic E-state index is 13.6. The highest BCUT2D eigenvalue weighted by Crippen LogP contribution is 2.49. The maximum Gasteiger partial charge on any atom is 0.332 e. The average Bonchev–Trinajstić information content (AvgIpc) is 2.73.